The first kappa shape index (κ1) is 19.3. The van der Waals surface area contributed by atoms with E-state index in [0.717, 1.165) is 24.8 Å². The highest BCUT2D eigenvalue weighted by Crippen LogP contribution is 2.21. The fraction of sp³-hybridized carbons (Fsp3) is 0.474. The molecule has 0 atom stereocenters. The van der Waals surface area contributed by atoms with Gasteiger partial charge in [0, 0.05) is 11.6 Å². The van der Waals surface area contributed by atoms with E-state index in [1.807, 2.05) is 6.92 Å². The van der Waals surface area contributed by atoms with Crippen molar-refractivity contribution in [2.75, 3.05) is 19.8 Å². The predicted octanol–water partition coefficient (Wildman–Crippen LogP) is 3.58. The highest BCUT2D eigenvalue weighted by Gasteiger charge is 2.10. The van der Waals surface area contributed by atoms with Crippen molar-refractivity contribution in [1.82, 2.24) is 5.32 Å². The number of allylic oxidation sites excluding steroid dienone is 1. The van der Waals surface area contributed by atoms with Crippen LogP contribution in [0, 0.1) is 6.92 Å². The second-order valence-corrected chi connectivity index (χ2v) is 6.50. The van der Waals surface area contributed by atoms with Crippen LogP contribution >= 0.6 is 11.6 Å². The van der Waals surface area contributed by atoms with Crippen LogP contribution in [-0.4, -0.2) is 31.6 Å². The molecule has 1 N–H and O–H groups in total. The first-order chi connectivity index (χ1) is 12.0. The van der Waals surface area contributed by atoms with Crippen LogP contribution in [-0.2, 0) is 14.3 Å². The fourth-order valence-corrected chi connectivity index (χ4v) is 2.87. The minimum atomic E-state index is -0.584. The highest BCUT2D eigenvalue weighted by molar-refractivity contribution is 6.30. The van der Waals surface area contributed by atoms with Gasteiger partial charge in [-0.25, -0.2) is 4.79 Å². The molecule has 25 heavy (non-hydrogen) atoms. The van der Waals surface area contributed by atoms with Gasteiger partial charge < -0.3 is 14.8 Å². The van der Waals surface area contributed by atoms with Crippen LogP contribution in [0.15, 0.2) is 29.8 Å². The number of halogens is 1. The Bertz CT molecular complexity index is 642. The number of hydrogen-bond acceptors (Lipinski definition) is 4. The SMILES string of the molecule is Cc1cc(Cl)ccc1OCC(=O)OCC(=O)NCCC1=CCCCC1. The molecule has 1 amide bonds. The summed E-state index contributed by atoms with van der Waals surface area (Å²) in [5.41, 5.74) is 2.23. The van der Waals surface area contributed by atoms with Gasteiger partial charge in [0.2, 0.25) is 0 Å². The molecule has 1 aliphatic carbocycles. The van der Waals surface area contributed by atoms with E-state index in [9.17, 15) is 9.59 Å². The molecule has 0 heterocycles. The summed E-state index contributed by atoms with van der Waals surface area (Å²) in [7, 11) is 0. The maximum atomic E-state index is 11.7. The first-order valence-electron chi connectivity index (χ1n) is 8.54. The van der Waals surface area contributed by atoms with Gasteiger partial charge >= 0.3 is 5.97 Å². The van der Waals surface area contributed by atoms with Gasteiger partial charge in [0.1, 0.15) is 5.75 Å². The third kappa shape index (κ3) is 7.18. The number of hydrogen-bond donors (Lipinski definition) is 1. The lowest BCUT2D eigenvalue weighted by atomic mass is 9.97. The number of carbonyl (C=O) groups is 2. The van der Waals surface area contributed by atoms with Gasteiger partial charge in [-0.15, -0.1) is 0 Å². The molecule has 6 heteroatoms. The van der Waals surface area contributed by atoms with Crippen LogP contribution in [0.4, 0.5) is 0 Å². The van der Waals surface area contributed by atoms with Gasteiger partial charge in [-0.1, -0.05) is 23.3 Å². The molecule has 0 unspecified atom stereocenters. The summed E-state index contributed by atoms with van der Waals surface area (Å²) in [5.74, 6) is -0.321. The molecule has 1 aromatic rings. The van der Waals surface area contributed by atoms with Gasteiger partial charge in [-0.2, -0.15) is 0 Å². The van der Waals surface area contributed by atoms with Crippen molar-refractivity contribution in [3.8, 4) is 5.75 Å². The lowest BCUT2D eigenvalue weighted by Gasteiger charge is -2.13. The van der Waals surface area contributed by atoms with Gasteiger partial charge in [0.05, 0.1) is 0 Å². The van der Waals surface area contributed by atoms with E-state index in [4.69, 9.17) is 21.1 Å². The summed E-state index contributed by atoms with van der Waals surface area (Å²) in [5, 5.41) is 3.37. The first-order valence-corrected chi connectivity index (χ1v) is 8.91. The van der Waals surface area contributed by atoms with Crippen molar-refractivity contribution in [2.45, 2.75) is 39.0 Å². The Morgan fingerprint density at radius 3 is 2.80 bits per heavy atom. The van der Waals surface area contributed by atoms with Crippen molar-refractivity contribution >= 4 is 23.5 Å². The molecule has 0 spiro atoms. The maximum Gasteiger partial charge on any atom is 0.344 e. The van der Waals surface area contributed by atoms with Crippen LogP contribution in [0.2, 0.25) is 5.02 Å². The van der Waals surface area contributed by atoms with Gasteiger partial charge in [0.25, 0.3) is 5.91 Å². The Morgan fingerprint density at radius 1 is 1.24 bits per heavy atom. The molecule has 0 saturated heterocycles. The zero-order valence-electron chi connectivity index (χ0n) is 14.5. The average Bonchev–Trinajstić information content (AvgIpc) is 2.60. The van der Waals surface area contributed by atoms with Crippen LogP contribution in [0.3, 0.4) is 0 Å². The molecule has 5 nitrogen and oxygen atoms in total. The van der Waals surface area contributed by atoms with E-state index < -0.39 is 5.97 Å². The Morgan fingerprint density at radius 2 is 2.08 bits per heavy atom. The van der Waals surface area contributed by atoms with E-state index >= 15 is 0 Å². The second-order valence-electron chi connectivity index (χ2n) is 6.07. The lowest BCUT2D eigenvalue weighted by molar-refractivity contribution is -0.150. The Hall–Kier alpha value is -2.01. The number of rotatable bonds is 8. The quantitative estimate of drug-likeness (QED) is 0.565. The number of ether oxygens (including phenoxy) is 2. The molecular formula is C19H24ClNO4. The van der Waals surface area contributed by atoms with Crippen LogP contribution < -0.4 is 10.1 Å². The van der Waals surface area contributed by atoms with Crippen LogP contribution in [0.1, 0.15) is 37.7 Å². The van der Waals surface area contributed by atoms with E-state index in [2.05, 4.69) is 11.4 Å². The summed E-state index contributed by atoms with van der Waals surface area (Å²) in [6.45, 7) is 1.87. The zero-order chi connectivity index (χ0) is 18.1. The van der Waals surface area contributed by atoms with E-state index in [1.165, 1.54) is 18.4 Å². The lowest BCUT2D eigenvalue weighted by Crippen LogP contribution is -2.30. The summed E-state index contributed by atoms with van der Waals surface area (Å²) in [6, 6.07) is 5.12. The molecule has 2 rings (SSSR count). The number of benzene rings is 1. The van der Waals surface area contributed by atoms with Crippen molar-refractivity contribution < 1.29 is 19.1 Å². The van der Waals surface area contributed by atoms with Crippen molar-refractivity contribution in [2.24, 2.45) is 0 Å². The number of esters is 1. The predicted molar refractivity (Wildman–Crippen MR) is 96.8 cm³/mol. The maximum absolute atomic E-state index is 11.7. The summed E-state index contributed by atoms with van der Waals surface area (Å²) in [6.07, 6.45) is 7.85. The Balaban J connectivity index is 1.60. The minimum Gasteiger partial charge on any atom is -0.482 e. The van der Waals surface area contributed by atoms with E-state index in [1.54, 1.807) is 18.2 Å². The normalized spacial score (nSPS) is 13.8. The van der Waals surface area contributed by atoms with E-state index in [-0.39, 0.29) is 19.1 Å². The van der Waals surface area contributed by atoms with Crippen molar-refractivity contribution in [1.29, 1.82) is 0 Å². The minimum absolute atomic E-state index is 0.247. The highest BCUT2D eigenvalue weighted by atomic mass is 35.5. The zero-order valence-corrected chi connectivity index (χ0v) is 15.2. The summed E-state index contributed by atoms with van der Waals surface area (Å²) >= 11 is 5.86. The average molecular weight is 366 g/mol. The largest absolute Gasteiger partial charge is 0.482 e. The van der Waals surface area contributed by atoms with Crippen LogP contribution in [0.5, 0.6) is 5.75 Å². The summed E-state index contributed by atoms with van der Waals surface area (Å²) < 4.78 is 10.3. The topological polar surface area (TPSA) is 64.6 Å². The number of aryl methyl sites for hydroxylation is 1. The molecular weight excluding hydrogens is 342 g/mol. The molecule has 1 aliphatic rings. The number of carbonyl (C=O) groups excluding carboxylic acids is 2. The van der Waals surface area contributed by atoms with Crippen molar-refractivity contribution in [3.63, 3.8) is 0 Å². The molecule has 0 radical (unpaired) electrons. The third-order valence-corrected chi connectivity index (χ3v) is 4.24. The Kier molecular flexibility index (Phi) is 7.79. The van der Waals surface area contributed by atoms with Crippen molar-refractivity contribution in [3.05, 3.63) is 40.4 Å². The van der Waals surface area contributed by atoms with Gasteiger partial charge in [-0.05, 0) is 62.8 Å². The molecule has 0 bridgehead atoms. The van der Waals surface area contributed by atoms with Gasteiger partial charge in [-0.3, -0.25) is 4.79 Å². The monoisotopic (exact) mass is 365 g/mol. The summed E-state index contributed by atoms with van der Waals surface area (Å²) in [4.78, 5) is 23.3. The number of amides is 1. The molecule has 0 aliphatic heterocycles. The van der Waals surface area contributed by atoms with Crippen LogP contribution in [0.25, 0.3) is 0 Å². The fourth-order valence-electron chi connectivity index (χ4n) is 2.64. The molecule has 136 valence electrons. The smallest absolute Gasteiger partial charge is 0.344 e. The molecule has 1 aromatic carbocycles. The Labute approximate surface area is 153 Å². The molecule has 0 saturated carbocycles. The second kappa shape index (κ2) is 10.1. The molecule has 0 fully saturated rings. The van der Waals surface area contributed by atoms with E-state index in [0.29, 0.717) is 17.3 Å². The molecule has 0 aromatic heterocycles. The van der Waals surface area contributed by atoms with Gasteiger partial charge in [0.15, 0.2) is 13.2 Å². The third-order valence-electron chi connectivity index (χ3n) is 4.00. The standard InChI is InChI=1S/C19H24ClNO4/c1-14-11-16(20)7-8-17(14)24-13-19(23)25-12-18(22)21-10-9-15-5-3-2-4-6-15/h5,7-8,11H,2-4,6,9-10,12-13H2,1H3,(H,21,22). The number of nitrogens with one attached hydrogen (secondary N) is 1.